The van der Waals surface area contributed by atoms with Crippen LogP contribution in [0.4, 0.5) is 0 Å². The summed E-state index contributed by atoms with van der Waals surface area (Å²) >= 11 is 0. The van der Waals surface area contributed by atoms with E-state index in [2.05, 4.69) is 23.8 Å². The van der Waals surface area contributed by atoms with Gasteiger partial charge in [-0.2, -0.15) is 0 Å². The third kappa shape index (κ3) is 4.66. The summed E-state index contributed by atoms with van der Waals surface area (Å²) < 4.78 is 27.7. The molecule has 0 saturated heterocycles. The highest BCUT2D eigenvalue weighted by Crippen LogP contribution is 2.22. The molecule has 1 atom stereocenters. The Kier molecular flexibility index (Phi) is 5.27. The van der Waals surface area contributed by atoms with Gasteiger partial charge in [0.25, 0.3) is 0 Å². The van der Waals surface area contributed by atoms with E-state index < -0.39 is 10.0 Å². The molecule has 0 radical (unpaired) electrons. The number of nitrogens with one attached hydrogen (secondary N) is 1. The van der Waals surface area contributed by atoms with Gasteiger partial charge in [0, 0.05) is 6.04 Å². The van der Waals surface area contributed by atoms with Crippen molar-refractivity contribution in [3.63, 3.8) is 0 Å². The highest BCUT2D eigenvalue weighted by molar-refractivity contribution is 7.88. The SMILES string of the molecule is Cc1cccc(CS(=O)(=O)NC(C)c2cc(C)c(C)cc2C)c1. The number of aryl methyl sites for hydroxylation is 4. The lowest BCUT2D eigenvalue weighted by molar-refractivity contribution is 0.565. The lowest BCUT2D eigenvalue weighted by Gasteiger charge is -2.18. The van der Waals surface area contributed by atoms with E-state index in [1.165, 1.54) is 11.1 Å². The molecule has 0 aromatic heterocycles. The highest BCUT2D eigenvalue weighted by Gasteiger charge is 2.18. The monoisotopic (exact) mass is 331 g/mol. The lowest BCUT2D eigenvalue weighted by atomic mass is 9.97. The molecule has 0 aliphatic rings. The van der Waals surface area contributed by atoms with Gasteiger partial charge in [-0.3, -0.25) is 0 Å². The van der Waals surface area contributed by atoms with Crippen LogP contribution in [0.3, 0.4) is 0 Å². The van der Waals surface area contributed by atoms with Crippen LogP contribution in [0.5, 0.6) is 0 Å². The van der Waals surface area contributed by atoms with Crippen molar-refractivity contribution in [3.8, 4) is 0 Å². The maximum atomic E-state index is 12.4. The minimum atomic E-state index is -3.39. The molecule has 2 rings (SSSR count). The molecule has 0 heterocycles. The van der Waals surface area contributed by atoms with Gasteiger partial charge in [0.15, 0.2) is 0 Å². The molecule has 23 heavy (non-hydrogen) atoms. The molecular formula is C19H25NO2S. The Labute approximate surface area is 139 Å². The Morgan fingerprint density at radius 2 is 1.61 bits per heavy atom. The number of benzene rings is 2. The fourth-order valence-electron chi connectivity index (χ4n) is 2.85. The summed E-state index contributed by atoms with van der Waals surface area (Å²) in [7, 11) is -3.39. The fourth-order valence-corrected chi connectivity index (χ4v) is 4.21. The average molecular weight is 331 g/mol. The Morgan fingerprint density at radius 3 is 2.26 bits per heavy atom. The van der Waals surface area contributed by atoms with Gasteiger partial charge in [-0.25, -0.2) is 13.1 Å². The van der Waals surface area contributed by atoms with E-state index in [0.29, 0.717) is 0 Å². The largest absolute Gasteiger partial charge is 0.216 e. The maximum Gasteiger partial charge on any atom is 0.216 e. The zero-order chi connectivity index (χ0) is 17.2. The third-order valence-corrected chi connectivity index (χ3v) is 5.57. The molecule has 1 N–H and O–H groups in total. The molecule has 2 aromatic carbocycles. The molecule has 0 fully saturated rings. The van der Waals surface area contributed by atoms with Gasteiger partial charge in [-0.1, -0.05) is 42.0 Å². The van der Waals surface area contributed by atoms with Crippen molar-refractivity contribution < 1.29 is 8.42 Å². The quantitative estimate of drug-likeness (QED) is 0.896. The van der Waals surface area contributed by atoms with Crippen molar-refractivity contribution in [3.05, 3.63) is 69.8 Å². The molecule has 0 spiro atoms. The summed E-state index contributed by atoms with van der Waals surface area (Å²) in [4.78, 5) is 0. The van der Waals surface area contributed by atoms with Crippen LogP contribution in [0.2, 0.25) is 0 Å². The van der Waals surface area contributed by atoms with Crippen molar-refractivity contribution in [1.82, 2.24) is 4.72 Å². The normalized spacial score (nSPS) is 13.1. The molecular weight excluding hydrogens is 306 g/mol. The Hall–Kier alpha value is -1.65. The molecule has 2 aromatic rings. The van der Waals surface area contributed by atoms with Crippen LogP contribution in [0.15, 0.2) is 36.4 Å². The zero-order valence-electron chi connectivity index (χ0n) is 14.5. The van der Waals surface area contributed by atoms with Crippen LogP contribution in [0.25, 0.3) is 0 Å². The first-order valence-electron chi connectivity index (χ1n) is 7.81. The molecule has 1 unspecified atom stereocenters. The van der Waals surface area contributed by atoms with Crippen molar-refractivity contribution in [2.75, 3.05) is 0 Å². The standard InChI is InChI=1S/C19H25NO2S/c1-13-7-6-8-18(9-13)12-23(21,22)20-17(5)19-11-15(3)14(2)10-16(19)4/h6-11,17,20H,12H2,1-5H3. The number of hydrogen-bond acceptors (Lipinski definition) is 2. The second-order valence-corrected chi connectivity index (χ2v) is 8.13. The van der Waals surface area contributed by atoms with E-state index in [1.807, 2.05) is 52.0 Å². The molecule has 124 valence electrons. The van der Waals surface area contributed by atoms with Crippen molar-refractivity contribution >= 4 is 10.0 Å². The summed E-state index contributed by atoms with van der Waals surface area (Å²) in [6.45, 7) is 9.99. The first-order chi connectivity index (χ1) is 10.7. The van der Waals surface area contributed by atoms with Crippen LogP contribution in [0, 0.1) is 27.7 Å². The Bertz CT molecular complexity index is 810. The van der Waals surface area contributed by atoms with E-state index in [4.69, 9.17) is 0 Å². The highest BCUT2D eigenvalue weighted by atomic mass is 32.2. The van der Waals surface area contributed by atoms with Gasteiger partial charge in [0.1, 0.15) is 0 Å². The minimum absolute atomic E-state index is 0.00289. The summed E-state index contributed by atoms with van der Waals surface area (Å²) in [5.74, 6) is 0.00289. The summed E-state index contributed by atoms with van der Waals surface area (Å²) in [5.41, 5.74) is 6.41. The second-order valence-electron chi connectivity index (χ2n) is 6.38. The van der Waals surface area contributed by atoms with E-state index in [-0.39, 0.29) is 11.8 Å². The molecule has 3 nitrogen and oxygen atoms in total. The van der Waals surface area contributed by atoms with E-state index in [0.717, 1.165) is 22.3 Å². The predicted molar refractivity (Wildman–Crippen MR) is 96.0 cm³/mol. The fraction of sp³-hybridized carbons (Fsp3) is 0.368. The summed E-state index contributed by atoms with van der Waals surface area (Å²) in [5, 5.41) is 0. The minimum Gasteiger partial charge on any atom is -0.212 e. The van der Waals surface area contributed by atoms with E-state index >= 15 is 0 Å². The summed E-state index contributed by atoms with van der Waals surface area (Å²) in [6.07, 6.45) is 0. The van der Waals surface area contributed by atoms with Gasteiger partial charge in [0.05, 0.1) is 5.75 Å². The zero-order valence-corrected chi connectivity index (χ0v) is 15.3. The van der Waals surface area contributed by atoms with Crippen LogP contribution in [0.1, 0.15) is 46.3 Å². The molecule has 0 saturated carbocycles. The van der Waals surface area contributed by atoms with Gasteiger partial charge >= 0.3 is 0 Å². The van der Waals surface area contributed by atoms with Crippen molar-refractivity contribution in [2.45, 2.75) is 46.4 Å². The van der Waals surface area contributed by atoms with Crippen molar-refractivity contribution in [2.24, 2.45) is 0 Å². The molecule has 4 heteroatoms. The number of hydrogen-bond donors (Lipinski definition) is 1. The average Bonchev–Trinajstić information content (AvgIpc) is 2.41. The molecule has 0 amide bonds. The first kappa shape index (κ1) is 17.7. The topological polar surface area (TPSA) is 46.2 Å². The van der Waals surface area contributed by atoms with Gasteiger partial charge in [-0.05, 0) is 62.4 Å². The van der Waals surface area contributed by atoms with Crippen LogP contribution >= 0.6 is 0 Å². The van der Waals surface area contributed by atoms with E-state index in [9.17, 15) is 8.42 Å². The van der Waals surface area contributed by atoms with Gasteiger partial charge in [-0.15, -0.1) is 0 Å². The molecule has 0 aliphatic heterocycles. The van der Waals surface area contributed by atoms with Crippen LogP contribution < -0.4 is 4.72 Å². The van der Waals surface area contributed by atoms with Crippen LogP contribution in [-0.4, -0.2) is 8.42 Å². The number of sulfonamides is 1. The summed E-state index contributed by atoms with van der Waals surface area (Å²) in [6, 6.07) is 11.5. The van der Waals surface area contributed by atoms with Crippen LogP contribution in [-0.2, 0) is 15.8 Å². The smallest absolute Gasteiger partial charge is 0.212 e. The Morgan fingerprint density at radius 1 is 0.957 bits per heavy atom. The molecule has 0 bridgehead atoms. The number of rotatable bonds is 5. The Balaban J connectivity index is 2.18. The molecule has 0 aliphatic carbocycles. The van der Waals surface area contributed by atoms with Crippen molar-refractivity contribution in [1.29, 1.82) is 0 Å². The third-order valence-electron chi connectivity index (χ3n) is 4.14. The van der Waals surface area contributed by atoms with Gasteiger partial charge < -0.3 is 0 Å². The van der Waals surface area contributed by atoms with E-state index in [1.54, 1.807) is 0 Å². The second kappa shape index (κ2) is 6.85. The first-order valence-corrected chi connectivity index (χ1v) is 9.46. The maximum absolute atomic E-state index is 12.4. The lowest BCUT2D eigenvalue weighted by Crippen LogP contribution is -2.28. The predicted octanol–water partition coefficient (Wildman–Crippen LogP) is 4.10. The van der Waals surface area contributed by atoms with Gasteiger partial charge in [0.2, 0.25) is 10.0 Å².